The number of benzene rings is 2. The van der Waals surface area contributed by atoms with Crippen LogP contribution in [0.4, 0.5) is 5.69 Å². The summed E-state index contributed by atoms with van der Waals surface area (Å²) in [6.07, 6.45) is 0. The number of nitrogens with one attached hydrogen (secondary N) is 1. The predicted molar refractivity (Wildman–Crippen MR) is 101 cm³/mol. The molecule has 0 saturated heterocycles. The summed E-state index contributed by atoms with van der Waals surface area (Å²) in [6.45, 7) is 3.14. The minimum absolute atomic E-state index is 0.0193. The molecule has 0 radical (unpaired) electrons. The van der Waals surface area contributed by atoms with E-state index in [-0.39, 0.29) is 5.91 Å². The zero-order valence-electron chi connectivity index (χ0n) is 12.6. The third-order valence-corrected chi connectivity index (χ3v) is 5.01. The van der Waals surface area contributed by atoms with Gasteiger partial charge >= 0.3 is 0 Å². The van der Waals surface area contributed by atoms with Gasteiger partial charge < -0.3 is 14.8 Å². The van der Waals surface area contributed by atoms with Crippen LogP contribution in [0.25, 0.3) is 0 Å². The van der Waals surface area contributed by atoms with Gasteiger partial charge in [-0.1, -0.05) is 0 Å². The molecule has 1 aliphatic rings. The zero-order valence-corrected chi connectivity index (χ0v) is 15.6. The Kier molecular flexibility index (Phi) is 5.32. The zero-order chi connectivity index (χ0) is 16.2. The molecule has 0 spiro atoms. The van der Waals surface area contributed by atoms with Gasteiger partial charge in [-0.3, -0.25) is 4.79 Å². The first-order chi connectivity index (χ1) is 11.1. The van der Waals surface area contributed by atoms with E-state index in [9.17, 15) is 4.79 Å². The van der Waals surface area contributed by atoms with E-state index in [2.05, 4.69) is 27.9 Å². The molecule has 120 valence electrons. The maximum Gasteiger partial charge on any atom is 0.234 e. The van der Waals surface area contributed by atoms with Crippen LogP contribution < -0.4 is 14.8 Å². The smallest absolute Gasteiger partial charge is 0.234 e. The molecule has 0 bridgehead atoms. The molecular weight excluding hydrogens is 425 g/mol. The van der Waals surface area contributed by atoms with Gasteiger partial charge in [0.2, 0.25) is 5.91 Å². The standard InChI is InChI=1S/C17H16INO3S/c1-11-8-12(18)2-4-14(11)19-17(20)10-23-13-3-5-15-16(9-13)22-7-6-21-15/h2-5,8-9H,6-7,10H2,1H3,(H,19,20). The summed E-state index contributed by atoms with van der Waals surface area (Å²) in [5.41, 5.74) is 1.92. The molecule has 0 aliphatic carbocycles. The van der Waals surface area contributed by atoms with Gasteiger partial charge in [0.25, 0.3) is 0 Å². The van der Waals surface area contributed by atoms with Gasteiger partial charge in [0.05, 0.1) is 5.75 Å². The first-order valence-electron chi connectivity index (χ1n) is 7.20. The van der Waals surface area contributed by atoms with E-state index in [1.807, 2.05) is 43.3 Å². The number of fused-ring (bicyclic) bond motifs is 1. The van der Waals surface area contributed by atoms with E-state index in [1.165, 1.54) is 11.8 Å². The quantitative estimate of drug-likeness (QED) is 0.574. The van der Waals surface area contributed by atoms with Crippen LogP contribution in [0.5, 0.6) is 11.5 Å². The van der Waals surface area contributed by atoms with Crippen molar-refractivity contribution < 1.29 is 14.3 Å². The number of carbonyl (C=O) groups is 1. The van der Waals surface area contributed by atoms with Crippen molar-refractivity contribution in [3.63, 3.8) is 0 Å². The molecule has 2 aromatic rings. The van der Waals surface area contributed by atoms with E-state index in [0.717, 1.165) is 31.2 Å². The summed E-state index contributed by atoms with van der Waals surface area (Å²) in [6, 6.07) is 11.7. The number of halogens is 1. The van der Waals surface area contributed by atoms with Gasteiger partial charge in [-0.15, -0.1) is 11.8 Å². The molecule has 0 atom stereocenters. The van der Waals surface area contributed by atoms with E-state index < -0.39 is 0 Å². The monoisotopic (exact) mass is 441 g/mol. The Labute approximate surface area is 153 Å². The number of carbonyl (C=O) groups excluding carboxylic acids is 1. The number of rotatable bonds is 4. The number of hydrogen-bond donors (Lipinski definition) is 1. The molecule has 0 fully saturated rings. The maximum atomic E-state index is 12.1. The van der Waals surface area contributed by atoms with Crippen molar-refractivity contribution >= 4 is 45.9 Å². The first-order valence-corrected chi connectivity index (χ1v) is 9.27. The summed E-state index contributed by atoms with van der Waals surface area (Å²) in [7, 11) is 0. The van der Waals surface area contributed by atoms with Crippen LogP contribution in [-0.2, 0) is 4.79 Å². The Morgan fingerprint density at radius 1 is 1.17 bits per heavy atom. The van der Waals surface area contributed by atoms with Crippen LogP contribution in [-0.4, -0.2) is 24.9 Å². The molecule has 4 nitrogen and oxygen atoms in total. The predicted octanol–water partition coefficient (Wildman–Crippen LogP) is 4.10. The number of hydrogen-bond acceptors (Lipinski definition) is 4. The summed E-state index contributed by atoms with van der Waals surface area (Å²) >= 11 is 3.74. The molecule has 1 aliphatic heterocycles. The van der Waals surface area contributed by atoms with Crippen molar-refractivity contribution in [2.24, 2.45) is 0 Å². The van der Waals surface area contributed by atoms with Gasteiger partial charge in [-0.05, 0) is 71.5 Å². The van der Waals surface area contributed by atoms with Crippen LogP contribution in [0.2, 0.25) is 0 Å². The summed E-state index contributed by atoms with van der Waals surface area (Å²) in [5, 5.41) is 2.95. The van der Waals surface area contributed by atoms with Crippen molar-refractivity contribution in [2.45, 2.75) is 11.8 Å². The lowest BCUT2D eigenvalue weighted by Gasteiger charge is -2.18. The van der Waals surface area contributed by atoms with E-state index >= 15 is 0 Å². The normalized spacial score (nSPS) is 12.8. The SMILES string of the molecule is Cc1cc(I)ccc1NC(=O)CSc1ccc2c(c1)OCCO2. The lowest BCUT2D eigenvalue weighted by Crippen LogP contribution is -2.16. The number of amides is 1. The van der Waals surface area contributed by atoms with Crippen molar-refractivity contribution in [3.05, 3.63) is 45.5 Å². The number of thioether (sulfide) groups is 1. The van der Waals surface area contributed by atoms with Crippen LogP contribution in [0.15, 0.2) is 41.3 Å². The van der Waals surface area contributed by atoms with Gasteiger partial charge in [0, 0.05) is 14.2 Å². The molecule has 1 heterocycles. The van der Waals surface area contributed by atoms with E-state index in [4.69, 9.17) is 9.47 Å². The minimum atomic E-state index is -0.0193. The Hall–Kier alpha value is -1.41. The minimum Gasteiger partial charge on any atom is -0.486 e. The largest absolute Gasteiger partial charge is 0.486 e. The Bertz CT molecular complexity index is 736. The fourth-order valence-electron chi connectivity index (χ4n) is 2.22. The molecule has 0 aromatic heterocycles. The highest BCUT2D eigenvalue weighted by Crippen LogP contribution is 2.34. The highest BCUT2D eigenvalue weighted by Gasteiger charge is 2.13. The molecular formula is C17H16INO3S. The fraction of sp³-hybridized carbons (Fsp3) is 0.235. The lowest BCUT2D eigenvalue weighted by molar-refractivity contribution is -0.113. The highest BCUT2D eigenvalue weighted by molar-refractivity contribution is 14.1. The summed E-state index contributed by atoms with van der Waals surface area (Å²) in [5.74, 6) is 1.84. The molecule has 2 aromatic carbocycles. The van der Waals surface area contributed by atoms with Crippen molar-refractivity contribution in [3.8, 4) is 11.5 Å². The Morgan fingerprint density at radius 3 is 2.74 bits per heavy atom. The van der Waals surface area contributed by atoms with Gasteiger partial charge in [-0.25, -0.2) is 0 Å². The molecule has 1 N–H and O–H groups in total. The second kappa shape index (κ2) is 7.44. The van der Waals surface area contributed by atoms with Gasteiger partial charge in [-0.2, -0.15) is 0 Å². The highest BCUT2D eigenvalue weighted by atomic mass is 127. The molecule has 3 rings (SSSR count). The first kappa shape index (κ1) is 16.4. The number of anilines is 1. The number of aryl methyl sites for hydroxylation is 1. The fourth-order valence-corrected chi connectivity index (χ4v) is 3.59. The third kappa shape index (κ3) is 4.32. The lowest BCUT2D eigenvalue weighted by atomic mass is 10.2. The van der Waals surface area contributed by atoms with E-state index in [0.29, 0.717) is 19.0 Å². The topological polar surface area (TPSA) is 47.6 Å². The average molecular weight is 441 g/mol. The molecule has 0 unspecified atom stereocenters. The number of ether oxygens (including phenoxy) is 2. The van der Waals surface area contributed by atoms with E-state index in [1.54, 1.807) is 0 Å². The Balaban J connectivity index is 1.58. The second-order valence-electron chi connectivity index (χ2n) is 5.10. The van der Waals surface area contributed by atoms with Crippen LogP contribution in [0.3, 0.4) is 0 Å². The third-order valence-electron chi connectivity index (χ3n) is 3.35. The second-order valence-corrected chi connectivity index (χ2v) is 7.40. The molecule has 6 heteroatoms. The molecule has 1 amide bonds. The maximum absolute atomic E-state index is 12.1. The summed E-state index contributed by atoms with van der Waals surface area (Å²) < 4.78 is 12.2. The van der Waals surface area contributed by atoms with Crippen LogP contribution in [0.1, 0.15) is 5.56 Å². The summed E-state index contributed by atoms with van der Waals surface area (Å²) in [4.78, 5) is 13.1. The van der Waals surface area contributed by atoms with Crippen LogP contribution in [0, 0.1) is 10.5 Å². The van der Waals surface area contributed by atoms with Crippen molar-refractivity contribution in [1.82, 2.24) is 0 Å². The molecule has 23 heavy (non-hydrogen) atoms. The van der Waals surface area contributed by atoms with Gasteiger partial charge in [0.15, 0.2) is 11.5 Å². The Morgan fingerprint density at radius 2 is 1.96 bits per heavy atom. The van der Waals surface area contributed by atoms with Crippen molar-refractivity contribution in [2.75, 3.05) is 24.3 Å². The average Bonchev–Trinajstić information content (AvgIpc) is 2.55. The van der Waals surface area contributed by atoms with Crippen molar-refractivity contribution in [1.29, 1.82) is 0 Å². The molecule has 0 saturated carbocycles. The van der Waals surface area contributed by atoms with Crippen LogP contribution >= 0.6 is 34.4 Å². The van der Waals surface area contributed by atoms with Gasteiger partial charge in [0.1, 0.15) is 13.2 Å².